The lowest BCUT2D eigenvalue weighted by Crippen LogP contribution is -2.49. The summed E-state index contributed by atoms with van der Waals surface area (Å²) in [6, 6.07) is 10.3. The fraction of sp³-hybridized carbons (Fsp3) is 0.444. The van der Waals surface area contributed by atoms with Crippen LogP contribution in [0, 0.1) is 0 Å². The summed E-state index contributed by atoms with van der Waals surface area (Å²) in [4.78, 5) is 20.8. The molecule has 1 fully saturated rings. The van der Waals surface area contributed by atoms with Gasteiger partial charge in [0, 0.05) is 57.4 Å². The summed E-state index contributed by atoms with van der Waals surface area (Å²) < 4.78 is 2.09. The number of carbonyl (C=O) groups excluding carboxylic acids is 1. The number of imidazole rings is 1. The van der Waals surface area contributed by atoms with E-state index in [2.05, 4.69) is 26.6 Å². The topological polar surface area (TPSA) is 41.4 Å². The number of hydrogen-bond donors (Lipinski definition) is 0. The van der Waals surface area contributed by atoms with Crippen molar-refractivity contribution in [1.82, 2.24) is 19.4 Å². The zero-order valence-electron chi connectivity index (χ0n) is 13.9. The van der Waals surface area contributed by atoms with E-state index in [-0.39, 0.29) is 5.91 Å². The molecule has 0 bridgehead atoms. The van der Waals surface area contributed by atoms with Gasteiger partial charge in [-0.15, -0.1) is 11.8 Å². The monoisotopic (exact) mass is 344 g/mol. The van der Waals surface area contributed by atoms with Crippen molar-refractivity contribution in [2.75, 3.05) is 38.5 Å². The molecule has 0 radical (unpaired) electrons. The van der Waals surface area contributed by atoms with E-state index in [1.54, 1.807) is 11.8 Å². The third-order valence-electron chi connectivity index (χ3n) is 4.30. The van der Waals surface area contributed by atoms with E-state index in [1.165, 1.54) is 5.56 Å². The quantitative estimate of drug-likeness (QED) is 0.770. The fourth-order valence-electron chi connectivity index (χ4n) is 2.82. The highest BCUT2D eigenvalue weighted by atomic mass is 32.2. The predicted octanol–water partition coefficient (Wildman–Crippen LogP) is 1.96. The maximum absolute atomic E-state index is 12.3. The molecule has 0 atom stereocenters. The van der Waals surface area contributed by atoms with E-state index < -0.39 is 0 Å². The van der Waals surface area contributed by atoms with Crippen LogP contribution >= 0.6 is 11.8 Å². The second-order valence-corrected chi connectivity index (χ2v) is 6.99. The second kappa shape index (κ2) is 8.89. The van der Waals surface area contributed by atoms with Gasteiger partial charge in [-0.2, -0.15) is 0 Å². The first-order valence-corrected chi connectivity index (χ1v) is 9.54. The third kappa shape index (κ3) is 5.11. The van der Waals surface area contributed by atoms with Crippen molar-refractivity contribution in [1.29, 1.82) is 0 Å². The molecular weight excluding hydrogens is 320 g/mol. The van der Waals surface area contributed by atoms with Gasteiger partial charge >= 0.3 is 0 Å². The molecule has 0 N–H and O–H groups in total. The van der Waals surface area contributed by atoms with Gasteiger partial charge in [0.2, 0.25) is 5.91 Å². The zero-order chi connectivity index (χ0) is 16.6. The fourth-order valence-corrected chi connectivity index (χ4v) is 3.71. The Kier molecular flexibility index (Phi) is 6.32. The number of hydrogen-bond acceptors (Lipinski definition) is 4. The molecule has 24 heavy (non-hydrogen) atoms. The minimum Gasteiger partial charge on any atom is -0.339 e. The summed E-state index contributed by atoms with van der Waals surface area (Å²) in [5, 5.41) is 0. The second-order valence-electron chi connectivity index (χ2n) is 6.00. The number of thioether (sulfide) groups is 1. The largest absolute Gasteiger partial charge is 0.339 e. The highest BCUT2D eigenvalue weighted by molar-refractivity contribution is 7.99. The molecule has 1 aliphatic rings. The molecule has 128 valence electrons. The van der Waals surface area contributed by atoms with Crippen LogP contribution in [0.1, 0.15) is 5.56 Å². The molecule has 5 nitrogen and oxygen atoms in total. The van der Waals surface area contributed by atoms with E-state index in [0.717, 1.165) is 45.0 Å². The Balaban J connectivity index is 1.33. The number of amides is 1. The molecule has 0 unspecified atom stereocenters. The molecule has 3 rings (SSSR count). The first-order chi connectivity index (χ1) is 11.8. The van der Waals surface area contributed by atoms with Crippen LogP contribution in [0.4, 0.5) is 0 Å². The van der Waals surface area contributed by atoms with Crippen LogP contribution in [-0.4, -0.2) is 63.7 Å². The Hall–Kier alpha value is -1.79. The summed E-state index contributed by atoms with van der Waals surface area (Å²) in [7, 11) is 0. The van der Waals surface area contributed by atoms with Crippen LogP contribution in [0.25, 0.3) is 0 Å². The maximum Gasteiger partial charge on any atom is 0.232 e. The summed E-state index contributed by atoms with van der Waals surface area (Å²) in [5.41, 5.74) is 1.28. The van der Waals surface area contributed by atoms with Gasteiger partial charge in [-0.3, -0.25) is 9.69 Å². The van der Waals surface area contributed by atoms with E-state index in [9.17, 15) is 4.79 Å². The van der Waals surface area contributed by atoms with E-state index >= 15 is 0 Å². The van der Waals surface area contributed by atoms with Crippen molar-refractivity contribution in [3.05, 3.63) is 54.6 Å². The van der Waals surface area contributed by atoms with Gasteiger partial charge in [0.25, 0.3) is 0 Å². The molecule has 1 amide bonds. The summed E-state index contributed by atoms with van der Waals surface area (Å²) in [6.45, 7) is 5.58. The van der Waals surface area contributed by atoms with E-state index in [0.29, 0.717) is 5.75 Å². The van der Waals surface area contributed by atoms with Crippen LogP contribution < -0.4 is 0 Å². The van der Waals surface area contributed by atoms with Gasteiger partial charge in [0.1, 0.15) is 0 Å². The van der Waals surface area contributed by atoms with Crippen LogP contribution in [-0.2, 0) is 17.1 Å². The van der Waals surface area contributed by atoms with Gasteiger partial charge < -0.3 is 9.47 Å². The summed E-state index contributed by atoms with van der Waals surface area (Å²) in [5.74, 6) is 1.74. The van der Waals surface area contributed by atoms with Gasteiger partial charge in [0.15, 0.2) is 0 Å². The number of rotatable bonds is 7. The SMILES string of the molecule is O=C(CSCc1ccccc1)N1CCN(CCn2ccnc2)CC1. The zero-order valence-corrected chi connectivity index (χ0v) is 14.7. The Morgan fingerprint density at radius 3 is 2.58 bits per heavy atom. The highest BCUT2D eigenvalue weighted by Crippen LogP contribution is 2.13. The molecule has 0 spiro atoms. The normalized spacial score (nSPS) is 15.6. The lowest BCUT2D eigenvalue weighted by Gasteiger charge is -2.34. The number of carbonyl (C=O) groups is 1. The molecule has 2 heterocycles. The van der Waals surface area contributed by atoms with Crippen LogP contribution in [0.15, 0.2) is 49.1 Å². The van der Waals surface area contributed by atoms with E-state index in [4.69, 9.17) is 0 Å². The average molecular weight is 344 g/mol. The Morgan fingerprint density at radius 2 is 1.88 bits per heavy atom. The van der Waals surface area contributed by atoms with Crippen LogP contribution in [0.2, 0.25) is 0 Å². The van der Waals surface area contributed by atoms with Crippen molar-refractivity contribution in [3.8, 4) is 0 Å². The molecule has 1 aromatic heterocycles. The average Bonchev–Trinajstić information content (AvgIpc) is 3.15. The minimum absolute atomic E-state index is 0.269. The molecule has 1 aliphatic heterocycles. The lowest BCUT2D eigenvalue weighted by molar-refractivity contribution is -0.130. The molecule has 1 aromatic carbocycles. The van der Waals surface area contributed by atoms with Crippen LogP contribution in [0.3, 0.4) is 0 Å². The molecule has 2 aromatic rings. The van der Waals surface area contributed by atoms with Crippen molar-refractivity contribution >= 4 is 17.7 Å². The van der Waals surface area contributed by atoms with Crippen molar-refractivity contribution in [2.24, 2.45) is 0 Å². The first-order valence-electron chi connectivity index (χ1n) is 8.39. The minimum atomic E-state index is 0.269. The molecule has 0 saturated carbocycles. The van der Waals surface area contributed by atoms with Crippen molar-refractivity contribution in [3.63, 3.8) is 0 Å². The Morgan fingerprint density at radius 1 is 1.08 bits per heavy atom. The van der Waals surface area contributed by atoms with Gasteiger partial charge in [-0.05, 0) is 5.56 Å². The molecular formula is C18H24N4OS. The van der Waals surface area contributed by atoms with Gasteiger partial charge in [0.05, 0.1) is 12.1 Å². The number of aromatic nitrogens is 2. The van der Waals surface area contributed by atoms with Crippen molar-refractivity contribution in [2.45, 2.75) is 12.3 Å². The maximum atomic E-state index is 12.3. The number of piperazine rings is 1. The smallest absolute Gasteiger partial charge is 0.232 e. The number of benzene rings is 1. The highest BCUT2D eigenvalue weighted by Gasteiger charge is 2.20. The summed E-state index contributed by atoms with van der Waals surface area (Å²) in [6.07, 6.45) is 5.65. The van der Waals surface area contributed by atoms with Crippen LogP contribution in [0.5, 0.6) is 0 Å². The molecule has 1 saturated heterocycles. The summed E-state index contributed by atoms with van der Waals surface area (Å²) >= 11 is 1.70. The molecule has 6 heteroatoms. The van der Waals surface area contributed by atoms with Gasteiger partial charge in [-0.25, -0.2) is 4.98 Å². The third-order valence-corrected chi connectivity index (χ3v) is 5.28. The lowest BCUT2D eigenvalue weighted by atomic mass is 10.2. The standard InChI is InChI=1S/C18H24N4OS/c23-18(15-24-14-17-4-2-1-3-5-17)22-12-10-20(11-13-22)8-9-21-7-6-19-16-21/h1-7,16H,8-15H2. The first kappa shape index (κ1) is 17.0. The Bertz CT molecular complexity index is 609. The predicted molar refractivity (Wildman–Crippen MR) is 97.9 cm³/mol. The Labute approximate surface area is 147 Å². The van der Waals surface area contributed by atoms with E-state index in [1.807, 2.05) is 41.8 Å². The van der Waals surface area contributed by atoms with Crippen molar-refractivity contribution < 1.29 is 4.79 Å². The van der Waals surface area contributed by atoms with Gasteiger partial charge in [-0.1, -0.05) is 30.3 Å². The number of nitrogens with zero attached hydrogens (tertiary/aromatic N) is 4. The molecule has 0 aliphatic carbocycles.